The molecule has 0 aliphatic rings. The van der Waals surface area contributed by atoms with Crippen LogP contribution in [-0.2, 0) is 6.42 Å². The molecular formula is C13H19F. The number of halogens is 1. The van der Waals surface area contributed by atoms with Crippen molar-refractivity contribution in [3.63, 3.8) is 0 Å². The molecule has 1 aromatic carbocycles. The highest BCUT2D eigenvalue weighted by Crippen LogP contribution is 2.24. The molecule has 0 atom stereocenters. The Morgan fingerprint density at radius 1 is 1.14 bits per heavy atom. The van der Waals surface area contributed by atoms with Crippen LogP contribution in [0.25, 0.3) is 0 Å². The molecule has 0 fully saturated rings. The lowest BCUT2D eigenvalue weighted by molar-refractivity contribution is 0.565. The molecule has 0 nitrogen and oxygen atoms in total. The highest BCUT2D eigenvalue weighted by atomic mass is 19.1. The molecule has 1 aromatic rings. The predicted octanol–water partition coefficient (Wildman–Crippen LogP) is 4.15. The smallest absolute Gasteiger partial charge is 0.126 e. The van der Waals surface area contributed by atoms with E-state index in [1.54, 1.807) is 12.1 Å². The van der Waals surface area contributed by atoms with Crippen LogP contribution in [0.3, 0.4) is 0 Å². The highest BCUT2D eigenvalue weighted by Gasteiger charge is 2.11. The SMILES string of the molecule is CC(C)Cc1c(F)cccc1C(C)C. The van der Waals surface area contributed by atoms with Gasteiger partial charge in [0.15, 0.2) is 0 Å². The van der Waals surface area contributed by atoms with Gasteiger partial charge in [-0.15, -0.1) is 0 Å². The summed E-state index contributed by atoms with van der Waals surface area (Å²) in [6, 6.07) is 5.39. The summed E-state index contributed by atoms with van der Waals surface area (Å²) in [6.45, 7) is 8.46. The fraction of sp³-hybridized carbons (Fsp3) is 0.538. The van der Waals surface area contributed by atoms with Crippen LogP contribution in [-0.4, -0.2) is 0 Å². The van der Waals surface area contributed by atoms with Gasteiger partial charge in [0.1, 0.15) is 5.82 Å². The van der Waals surface area contributed by atoms with E-state index >= 15 is 0 Å². The fourth-order valence-corrected chi connectivity index (χ4v) is 1.74. The molecule has 0 N–H and O–H groups in total. The lowest BCUT2D eigenvalue weighted by Gasteiger charge is -2.15. The Hall–Kier alpha value is -0.850. The molecule has 0 unspecified atom stereocenters. The maximum atomic E-state index is 13.6. The van der Waals surface area contributed by atoms with Gasteiger partial charge in [-0.1, -0.05) is 39.8 Å². The van der Waals surface area contributed by atoms with Crippen molar-refractivity contribution in [2.75, 3.05) is 0 Å². The number of hydrogen-bond donors (Lipinski definition) is 0. The van der Waals surface area contributed by atoms with Crippen LogP contribution in [0.5, 0.6) is 0 Å². The Bertz CT molecular complexity index is 300. The summed E-state index contributed by atoms with van der Waals surface area (Å²) in [6.07, 6.45) is 0.834. The minimum atomic E-state index is -0.0510. The molecule has 0 aliphatic heterocycles. The van der Waals surface area contributed by atoms with E-state index in [-0.39, 0.29) is 5.82 Å². The number of hydrogen-bond acceptors (Lipinski definition) is 0. The molecule has 0 aliphatic carbocycles. The van der Waals surface area contributed by atoms with E-state index in [0.29, 0.717) is 11.8 Å². The third-order valence-electron chi connectivity index (χ3n) is 2.39. The Labute approximate surface area is 86.2 Å². The molecular weight excluding hydrogens is 175 g/mol. The Morgan fingerprint density at radius 2 is 1.79 bits per heavy atom. The topological polar surface area (TPSA) is 0 Å². The van der Waals surface area contributed by atoms with Crippen LogP contribution < -0.4 is 0 Å². The second-order valence-corrected chi connectivity index (χ2v) is 4.56. The van der Waals surface area contributed by atoms with E-state index < -0.39 is 0 Å². The van der Waals surface area contributed by atoms with Crippen LogP contribution in [0.2, 0.25) is 0 Å². The van der Waals surface area contributed by atoms with Crippen molar-refractivity contribution in [3.05, 3.63) is 35.1 Å². The van der Waals surface area contributed by atoms with Crippen molar-refractivity contribution >= 4 is 0 Å². The first-order valence-electron chi connectivity index (χ1n) is 5.29. The quantitative estimate of drug-likeness (QED) is 0.678. The molecule has 1 rings (SSSR count). The summed E-state index contributed by atoms with van der Waals surface area (Å²) >= 11 is 0. The minimum Gasteiger partial charge on any atom is -0.207 e. The molecule has 0 aromatic heterocycles. The Kier molecular flexibility index (Phi) is 3.68. The van der Waals surface area contributed by atoms with Crippen molar-refractivity contribution in [1.82, 2.24) is 0 Å². The van der Waals surface area contributed by atoms with Crippen molar-refractivity contribution < 1.29 is 4.39 Å². The van der Waals surface area contributed by atoms with E-state index in [2.05, 4.69) is 27.7 Å². The summed E-state index contributed by atoms with van der Waals surface area (Å²) in [5.41, 5.74) is 2.05. The maximum Gasteiger partial charge on any atom is 0.126 e. The van der Waals surface area contributed by atoms with Gasteiger partial charge < -0.3 is 0 Å². The van der Waals surface area contributed by atoms with Crippen LogP contribution in [0, 0.1) is 11.7 Å². The zero-order chi connectivity index (χ0) is 10.7. The van der Waals surface area contributed by atoms with Gasteiger partial charge in [-0.05, 0) is 35.4 Å². The van der Waals surface area contributed by atoms with Crippen LogP contribution >= 0.6 is 0 Å². The Balaban J connectivity index is 3.09. The van der Waals surface area contributed by atoms with E-state index in [9.17, 15) is 4.39 Å². The zero-order valence-electron chi connectivity index (χ0n) is 9.47. The summed E-state index contributed by atoms with van der Waals surface area (Å²) in [5, 5.41) is 0. The van der Waals surface area contributed by atoms with Crippen molar-refractivity contribution in [3.8, 4) is 0 Å². The van der Waals surface area contributed by atoms with Crippen LogP contribution in [0.15, 0.2) is 18.2 Å². The third-order valence-corrected chi connectivity index (χ3v) is 2.39. The van der Waals surface area contributed by atoms with Crippen molar-refractivity contribution in [2.45, 2.75) is 40.0 Å². The molecule has 0 radical (unpaired) electrons. The molecule has 0 bridgehead atoms. The average molecular weight is 194 g/mol. The molecule has 78 valence electrons. The van der Waals surface area contributed by atoms with Gasteiger partial charge in [0.2, 0.25) is 0 Å². The Morgan fingerprint density at radius 3 is 2.29 bits per heavy atom. The molecule has 0 saturated carbocycles. The first kappa shape index (κ1) is 11.2. The molecule has 0 amide bonds. The molecule has 0 heterocycles. The second kappa shape index (κ2) is 4.59. The van der Waals surface area contributed by atoms with E-state index in [4.69, 9.17) is 0 Å². The fourth-order valence-electron chi connectivity index (χ4n) is 1.74. The zero-order valence-corrected chi connectivity index (χ0v) is 9.47. The van der Waals surface area contributed by atoms with Gasteiger partial charge >= 0.3 is 0 Å². The van der Waals surface area contributed by atoms with Gasteiger partial charge in [0, 0.05) is 0 Å². The van der Waals surface area contributed by atoms with Crippen LogP contribution in [0.1, 0.15) is 44.7 Å². The van der Waals surface area contributed by atoms with E-state index in [0.717, 1.165) is 17.5 Å². The van der Waals surface area contributed by atoms with Gasteiger partial charge in [0.05, 0.1) is 0 Å². The predicted molar refractivity (Wildman–Crippen MR) is 59.0 cm³/mol. The first-order valence-corrected chi connectivity index (χ1v) is 5.29. The molecule has 0 spiro atoms. The van der Waals surface area contributed by atoms with Crippen molar-refractivity contribution in [1.29, 1.82) is 0 Å². The lowest BCUT2D eigenvalue weighted by Crippen LogP contribution is -2.03. The average Bonchev–Trinajstić information content (AvgIpc) is 2.07. The van der Waals surface area contributed by atoms with E-state index in [1.165, 1.54) is 0 Å². The summed E-state index contributed by atoms with van der Waals surface area (Å²) in [7, 11) is 0. The number of rotatable bonds is 3. The highest BCUT2D eigenvalue weighted by molar-refractivity contribution is 5.31. The van der Waals surface area contributed by atoms with Gasteiger partial charge in [-0.3, -0.25) is 0 Å². The standard InChI is InChI=1S/C13H19F/c1-9(2)8-12-11(10(3)4)6-5-7-13(12)14/h5-7,9-10H,8H2,1-4H3. The van der Waals surface area contributed by atoms with Gasteiger partial charge in [-0.25, -0.2) is 4.39 Å². The third kappa shape index (κ3) is 2.57. The second-order valence-electron chi connectivity index (χ2n) is 4.56. The largest absolute Gasteiger partial charge is 0.207 e. The van der Waals surface area contributed by atoms with E-state index in [1.807, 2.05) is 6.07 Å². The normalized spacial score (nSPS) is 11.4. The number of benzene rings is 1. The molecule has 0 saturated heterocycles. The lowest BCUT2D eigenvalue weighted by atomic mass is 9.91. The molecule has 14 heavy (non-hydrogen) atoms. The molecule has 1 heteroatoms. The summed E-state index contributed by atoms with van der Waals surface area (Å²) in [4.78, 5) is 0. The summed E-state index contributed by atoms with van der Waals surface area (Å²) in [5.74, 6) is 0.855. The first-order chi connectivity index (χ1) is 6.52. The monoisotopic (exact) mass is 194 g/mol. The van der Waals surface area contributed by atoms with Crippen molar-refractivity contribution in [2.24, 2.45) is 5.92 Å². The van der Waals surface area contributed by atoms with Crippen LogP contribution in [0.4, 0.5) is 4.39 Å². The summed E-state index contributed by atoms with van der Waals surface area (Å²) < 4.78 is 13.6. The van der Waals surface area contributed by atoms with Gasteiger partial charge in [0.25, 0.3) is 0 Å². The maximum absolute atomic E-state index is 13.6. The van der Waals surface area contributed by atoms with Gasteiger partial charge in [-0.2, -0.15) is 0 Å². The minimum absolute atomic E-state index is 0.0510.